The summed E-state index contributed by atoms with van der Waals surface area (Å²) < 4.78 is 5.33. The van der Waals surface area contributed by atoms with E-state index in [4.69, 9.17) is 4.74 Å². The number of hydrogen-bond donors (Lipinski definition) is 2. The molecule has 6 aromatic rings. The van der Waals surface area contributed by atoms with Crippen molar-refractivity contribution in [3.8, 4) is 39.4 Å². The highest BCUT2D eigenvalue weighted by Gasteiger charge is 2.14. The van der Waals surface area contributed by atoms with Crippen LogP contribution >= 0.6 is 0 Å². The number of H-pyrrole nitrogens is 2. The molecule has 0 spiro atoms. The number of methoxy groups -OCH3 is 1. The number of aromatic amines is 2. The van der Waals surface area contributed by atoms with Gasteiger partial charge in [-0.15, -0.1) is 0 Å². The zero-order chi connectivity index (χ0) is 21.5. The third-order valence-corrected chi connectivity index (χ3v) is 5.76. The van der Waals surface area contributed by atoms with Crippen molar-refractivity contribution in [2.75, 3.05) is 7.11 Å². The number of rotatable bonds is 4. The molecule has 6 heteroatoms. The van der Waals surface area contributed by atoms with Gasteiger partial charge in [-0.1, -0.05) is 18.2 Å². The second kappa shape index (κ2) is 7.35. The SMILES string of the molecule is COc1cncc(-c2ccc3[nH]nc(-c4cc5c(-c6ccncc6)cccc5[nH]4)c3c2)c1. The largest absolute Gasteiger partial charge is 0.495 e. The molecule has 0 aliphatic carbocycles. The predicted molar refractivity (Wildman–Crippen MR) is 126 cm³/mol. The molecule has 0 bridgehead atoms. The van der Waals surface area contributed by atoms with Crippen molar-refractivity contribution in [2.45, 2.75) is 0 Å². The van der Waals surface area contributed by atoms with Gasteiger partial charge >= 0.3 is 0 Å². The Hall–Kier alpha value is -4.45. The van der Waals surface area contributed by atoms with Crippen molar-refractivity contribution in [1.82, 2.24) is 25.1 Å². The first-order valence-corrected chi connectivity index (χ1v) is 10.3. The van der Waals surface area contributed by atoms with E-state index in [1.165, 1.54) is 0 Å². The third kappa shape index (κ3) is 3.01. The number of benzene rings is 2. The Morgan fingerprint density at radius 1 is 0.750 bits per heavy atom. The van der Waals surface area contributed by atoms with E-state index in [9.17, 15) is 0 Å². The Labute approximate surface area is 183 Å². The summed E-state index contributed by atoms with van der Waals surface area (Å²) in [5.41, 5.74) is 8.25. The van der Waals surface area contributed by atoms with Gasteiger partial charge in [0, 0.05) is 40.4 Å². The monoisotopic (exact) mass is 417 g/mol. The van der Waals surface area contributed by atoms with Crippen LogP contribution in [0.2, 0.25) is 0 Å². The number of hydrogen-bond acceptors (Lipinski definition) is 4. The lowest BCUT2D eigenvalue weighted by Crippen LogP contribution is -1.86. The van der Waals surface area contributed by atoms with Gasteiger partial charge in [0.15, 0.2) is 0 Å². The fraction of sp³-hybridized carbons (Fsp3) is 0.0385. The van der Waals surface area contributed by atoms with Gasteiger partial charge in [0.2, 0.25) is 0 Å². The summed E-state index contributed by atoms with van der Waals surface area (Å²) in [5.74, 6) is 0.731. The fourth-order valence-electron chi connectivity index (χ4n) is 4.15. The van der Waals surface area contributed by atoms with Crippen LogP contribution in [-0.4, -0.2) is 32.3 Å². The average molecular weight is 417 g/mol. The molecule has 154 valence electrons. The third-order valence-electron chi connectivity index (χ3n) is 5.76. The summed E-state index contributed by atoms with van der Waals surface area (Å²) in [5, 5.41) is 9.98. The summed E-state index contributed by atoms with van der Waals surface area (Å²) in [6.07, 6.45) is 7.18. The van der Waals surface area contributed by atoms with Gasteiger partial charge < -0.3 is 9.72 Å². The Morgan fingerprint density at radius 3 is 2.53 bits per heavy atom. The first-order valence-electron chi connectivity index (χ1n) is 10.3. The average Bonchev–Trinajstić information content (AvgIpc) is 3.48. The second-order valence-corrected chi connectivity index (χ2v) is 7.63. The minimum absolute atomic E-state index is 0.731. The molecule has 4 heterocycles. The maximum Gasteiger partial charge on any atom is 0.137 e. The molecule has 0 aliphatic heterocycles. The maximum atomic E-state index is 5.33. The number of nitrogens with one attached hydrogen (secondary N) is 2. The summed E-state index contributed by atoms with van der Waals surface area (Å²) >= 11 is 0. The molecule has 0 saturated heterocycles. The predicted octanol–water partition coefficient (Wildman–Crippen LogP) is 5.84. The van der Waals surface area contributed by atoms with E-state index in [1.807, 2.05) is 42.9 Å². The lowest BCUT2D eigenvalue weighted by molar-refractivity contribution is 0.413. The van der Waals surface area contributed by atoms with E-state index in [-0.39, 0.29) is 0 Å². The van der Waals surface area contributed by atoms with Crippen LogP contribution in [0.25, 0.3) is 55.4 Å². The van der Waals surface area contributed by atoms with Gasteiger partial charge in [-0.25, -0.2) is 0 Å². The van der Waals surface area contributed by atoms with E-state index >= 15 is 0 Å². The smallest absolute Gasteiger partial charge is 0.137 e. The van der Waals surface area contributed by atoms with Crippen LogP contribution in [0, 0.1) is 0 Å². The molecule has 6 rings (SSSR count). The fourth-order valence-corrected chi connectivity index (χ4v) is 4.15. The second-order valence-electron chi connectivity index (χ2n) is 7.63. The molecule has 0 amide bonds. The summed E-state index contributed by atoms with van der Waals surface area (Å²) in [4.78, 5) is 12.0. The lowest BCUT2D eigenvalue weighted by Gasteiger charge is -2.04. The minimum Gasteiger partial charge on any atom is -0.495 e. The van der Waals surface area contributed by atoms with Crippen molar-refractivity contribution >= 4 is 21.8 Å². The van der Waals surface area contributed by atoms with Crippen LogP contribution in [-0.2, 0) is 0 Å². The van der Waals surface area contributed by atoms with Crippen molar-refractivity contribution in [3.05, 3.63) is 85.5 Å². The Bertz CT molecular complexity index is 1570. The van der Waals surface area contributed by atoms with E-state index in [2.05, 4.69) is 61.5 Å². The van der Waals surface area contributed by atoms with E-state index in [1.54, 1.807) is 13.3 Å². The number of nitrogens with zero attached hydrogens (tertiary/aromatic N) is 3. The van der Waals surface area contributed by atoms with Crippen LogP contribution in [0.5, 0.6) is 5.75 Å². The van der Waals surface area contributed by atoms with Crippen LogP contribution in [0.3, 0.4) is 0 Å². The first kappa shape index (κ1) is 18.3. The minimum atomic E-state index is 0.731. The van der Waals surface area contributed by atoms with Gasteiger partial charge in [-0.3, -0.25) is 15.1 Å². The number of aromatic nitrogens is 5. The van der Waals surface area contributed by atoms with Crippen LogP contribution in [0.15, 0.2) is 85.5 Å². The van der Waals surface area contributed by atoms with Gasteiger partial charge in [-0.05, 0) is 59.2 Å². The summed E-state index contributed by atoms with van der Waals surface area (Å²) in [7, 11) is 1.65. The topological polar surface area (TPSA) is 79.5 Å². The molecule has 4 aromatic heterocycles. The zero-order valence-corrected chi connectivity index (χ0v) is 17.3. The van der Waals surface area contributed by atoms with Gasteiger partial charge in [0.25, 0.3) is 0 Å². The quantitative estimate of drug-likeness (QED) is 0.377. The van der Waals surface area contributed by atoms with Crippen molar-refractivity contribution < 1.29 is 4.74 Å². The first-order chi connectivity index (χ1) is 15.8. The van der Waals surface area contributed by atoms with E-state index < -0.39 is 0 Å². The highest BCUT2D eigenvalue weighted by Crippen LogP contribution is 2.35. The van der Waals surface area contributed by atoms with E-state index in [0.717, 1.165) is 61.2 Å². The maximum absolute atomic E-state index is 5.33. The normalized spacial score (nSPS) is 11.3. The molecular weight excluding hydrogens is 398 g/mol. The molecule has 32 heavy (non-hydrogen) atoms. The Kier molecular flexibility index (Phi) is 4.21. The molecular formula is C26H19N5O. The Balaban J connectivity index is 1.50. The molecule has 0 unspecified atom stereocenters. The molecule has 0 atom stereocenters. The summed E-state index contributed by atoms with van der Waals surface area (Å²) in [6.45, 7) is 0. The molecule has 0 saturated carbocycles. The Morgan fingerprint density at radius 2 is 1.66 bits per heavy atom. The van der Waals surface area contributed by atoms with Crippen LogP contribution in [0.4, 0.5) is 0 Å². The molecule has 6 nitrogen and oxygen atoms in total. The zero-order valence-electron chi connectivity index (χ0n) is 17.3. The van der Waals surface area contributed by atoms with Gasteiger partial charge in [0.1, 0.15) is 11.4 Å². The van der Waals surface area contributed by atoms with Crippen LogP contribution < -0.4 is 4.74 Å². The molecule has 2 N–H and O–H groups in total. The highest BCUT2D eigenvalue weighted by molar-refractivity contribution is 6.01. The van der Waals surface area contributed by atoms with Gasteiger partial charge in [0.05, 0.1) is 24.5 Å². The molecule has 0 radical (unpaired) electrons. The van der Waals surface area contributed by atoms with E-state index in [0.29, 0.717) is 0 Å². The van der Waals surface area contributed by atoms with Crippen molar-refractivity contribution in [1.29, 1.82) is 0 Å². The molecule has 2 aromatic carbocycles. The molecule has 0 aliphatic rings. The number of pyridine rings is 2. The van der Waals surface area contributed by atoms with Gasteiger partial charge in [-0.2, -0.15) is 5.10 Å². The van der Waals surface area contributed by atoms with Crippen molar-refractivity contribution in [3.63, 3.8) is 0 Å². The van der Waals surface area contributed by atoms with Crippen molar-refractivity contribution in [2.24, 2.45) is 0 Å². The number of ether oxygens (including phenoxy) is 1. The van der Waals surface area contributed by atoms with Crippen LogP contribution in [0.1, 0.15) is 0 Å². The number of fused-ring (bicyclic) bond motifs is 2. The lowest BCUT2D eigenvalue weighted by atomic mass is 10.0. The molecule has 0 fully saturated rings. The standard InChI is InChI=1S/C26H19N5O/c1-32-19-11-18(14-28-15-19)17-5-6-24-22(12-17)26(31-30-24)25-13-21-20(3-2-4-23(21)29-25)16-7-9-27-10-8-16/h2-15,29H,1H3,(H,30,31). The summed E-state index contributed by atoms with van der Waals surface area (Å²) in [6, 6.07) is 20.7. The highest BCUT2D eigenvalue weighted by atomic mass is 16.5.